The van der Waals surface area contributed by atoms with Crippen molar-refractivity contribution in [2.24, 2.45) is 0 Å². The molecule has 1 saturated heterocycles. The van der Waals surface area contributed by atoms with E-state index < -0.39 is 24.5 Å². The standard InChI is InChI=1S/C11H12N6O4/c18-3-6-7(19)8(20)11(21-6)16-2-1-5-9(16)12-4-17-10(5)13-14-15-17/h1-2,4,6-8,11,18-20H,3H2/t6-,7+,8+,11+/m0/s1. The van der Waals surface area contributed by atoms with Gasteiger partial charge in [0, 0.05) is 6.20 Å². The van der Waals surface area contributed by atoms with Gasteiger partial charge in [-0.15, -0.1) is 5.10 Å². The highest BCUT2D eigenvalue weighted by molar-refractivity contribution is 5.89. The Morgan fingerprint density at radius 2 is 2.10 bits per heavy atom. The van der Waals surface area contributed by atoms with Crippen LogP contribution in [0.3, 0.4) is 0 Å². The third-order valence-corrected chi connectivity index (χ3v) is 3.70. The van der Waals surface area contributed by atoms with Crippen LogP contribution >= 0.6 is 0 Å². The zero-order valence-corrected chi connectivity index (χ0v) is 10.7. The van der Waals surface area contributed by atoms with Crippen LogP contribution in [0, 0.1) is 0 Å². The number of aliphatic hydroxyl groups is 3. The molecule has 4 heterocycles. The summed E-state index contributed by atoms with van der Waals surface area (Å²) in [6, 6.07) is 1.75. The predicted octanol–water partition coefficient (Wildman–Crippen LogP) is -1.91. The molecule has 3 N–H and O–H groups in total. The second-order valence-electron chi connectivity index (χ2n) is 4.88. The average Bonchev–Trinajstić information content (AvgIpc) is 3.17. The highest BCUT2D eigenvalue weighted by atomic mass is 16.6. The lowest BCUT2D eigenvalue weighted by molar-refractivity contribution is -0.0508. The van der Waals surface area contributed by atoms with E-state index in [0.29, 0.717) is 16.7 Å². The summed E-state index contributed by atoms with van der Waals surface area (Å²) >= 11 is 0. The van der Waals surface area contributed by atoms with Crippen LogP contribution in [0.4, 0.5) is 0 Å². The summed E-state index contributed by atoms with van der Waals surface area (Å²) in [5, 5.41) is 41.0. The van der Waals surface area contributed by atoms with Gasteiger partial charge in [-0.3, -0.25) is 0 Å². The van der Waals surface area contributed by atoms with Crippen molar-refractivity contribution in [2.75, 3.05) is 6.61 Å². The van der Waals surface area contributed by atoms with Gasteiger partial charge in [-0.25, -0.2) is 4.98 Å². The first kappa shape index (κ1) is 12.6. The van der Waals surface area contributed by atoms with Gasteiger partial charge >= 0.3 is 0 Å². The van der Waals surface area contributed by atoms with E-state index in [-0.39, 0.29) is 6.61 Å². The van der Waals surface area contributed by atoms with Crippen molar-refractivity contribution < 1.29 is 20.1 Å². The molecule has 110 valence electrons. The van der Waals surface area contributed by atoms with Crippen LogP contribution in [0.2, 0.25) is 0 Å². The molecule has 0 amide bonds. The number of fused-ring (bicyclic) bond motifs is 3. The largest absolute Gasteiger partial charge is 0.394 e. The summed E-state index contributed by atoms with van der Waals surface area (Å²) in [5.74, 6) is 0. The van der Waals surface area contributed by atoms with Gasteiger partial charge in [0.25, 0.3) is 0 Å². The maximum atomic E-state index is 10.1. The molecule has 0 bridgehead atoms. The molecule has 10 heteroatoms. The molecule has 0 aliphatic carbocycles. The maximum Gasteiger partial charge on any atom is 0.192 e. The Kier molecular flexibility index (Phi) is 2.65. The summed E-state index contributed by atoms with van der Waals surface area (Å²) in [7, 11) is 0. The maximum absolute atomic E-state index is 10.1. The lowest BCUT2D eigenvalue weighted by Crippen LogP contribution is -2.33. The zero-order chi connectivity index (χ0) is 14.6. The second kappa shape index (κ2) is 4.43. The van der Waals surface area contributed by atoms with Crippen LogP contribution in [0.15, 0.2) is 18.6 Å². The van der Waals surface area contributed by atoms with E-state index in [1.54, 1.807) is 16.8 Å². The molecule has 0 spiro atoms. The molecule has 4 atom stereocenters. The number of tetrazole rings is 1. The van der Waals surface area contributed by atoms with Crippen LogP contribution in [0.25, 0.3) is 16.7 Å². The van der Waals surface area contributed by atoms with E-state index in [0.717, 1.165) is 0 Å². The zero-order valence-electron chi connectivity index (χ0n) is 10.7. The van der Waals surface area contributed by atoms with Crippen LogP contribution in [0.1, 0.15) is 6.23 Å². The first-order valence-electron chi connectivity index (χ1n) is 6.36. The third kappa shape index (κ3) is 1.67. The van der Waals surface area contributed by atoms with Gasteiger partial charge in [-0.05, 0) is 16.5 Å². The molecule has 10 nitrogen and oxygen atoms in total. The van der Waals surface area contributed by atoms with Gasteiger partial charge in [0.05, 0.1) is 12.0 Å². The van der Waals surface area contributed by atoms with Gasteiger partial charge < -0.3 is 24.6 Å². The number of hydrogen-bond donors (Lipinski definition) is 3. The van der Waals surface area contributed by atoms with Gasteiger partial charge in [0.1, 0.15) is 30.3 Å². The van der Waals surface area contributed by atoms with Crippen molar-refractivity contribution >= 4 is 16.7 Å². The summed E-state index contributed by atoms with van der Waals surface area (Å²) in [6.45, 7) is -0.375. The quantitative estimate of drug-likeness (QED) is 0.498. The SMILES string of the molecule is OC[C@@H]1O[C@@H](n2ccc3c2ncn2nnnc32)[C@H](O)[C@@H]1O. The molecular weight excluding hydrogens is 280 g/mol. The molecule has 1 aliphatic heterocycles. The minimum atomic E-state index is -1.16. The van der Waals surface area contributed by atoms with Crippen molar-refractivity contribution in [3.05, 3.63) is 18.6 Å². The molecule has 0 saturated carbocycles. The van der Waals surface area contributed by atoms with Crippen molar-refractivity contribution in [1.82, 2.24) is 29.6 Å². The van der Waals surface area contributed by atoms with Crippen molar-refractivity contribution in [3.63, 3.8) is 0 Å². The van der Waals surface area contributed by atoms with Crippen molar-refractivity contribution in [2.45, 2.75) is 24.5 Å². The molecule has 0 unspecified atom stereocenters. The molecule has 1 fully saturated rings. The molecule has 3 aromatic rings. The fraction of sp³-hybridized carbons (Fsp3) is 0.455. The fourth-order valence-corrected chi connectivity index (χ4v) is 2.62. The molecular formula is C11H12N6O4. The summed E-state index contributed by atoms with van der Waals surface area (Å²) in [5.41, 5.74) is 1.05. The number of rotatable bonds is 2. The van der Waals surface area contributed by atoms with E-state index in [1.165, 1.54) is 10.8 Å². The lowest BCUT2D eigenvalue weighted by Gasteiger charge is -2.17. The average molecular weight is 292 g/mol. The summed E-state index contributed by atoms with van der Waals surface area (Å²) in [4.78, 5) is 4.24. The Hall–Kier alpha value is -2.14. The van der Waals surface area contributed by atoms with Gasteiger partial charge in [-0.2, -0.15) is 4.52 Å². The topological polar surface area (TPSA) is 131 Å². The Morgan fingerprint density at radius 3 is 2.86 bits per heavy atom. The summed E-state index contributed by atoms with van der Waals surface area (Å²) < 4.78 is 8.52. The summed E-state index contributed by atoms with van der Waals surface area (Å²) in [6.07, 6.45) is -0.855. The Balaban J connectivity index is 1.84. The van der Waals surface area contributed by atoms with E-state index in [9.17, 15) is 10.2 Å². The first-order valence-corrected chi connectivity index (χ1v) is 6.36. The molecule has 3 aromatic heterocycles. The third-order valence-electron chi connectivity index (χ3n) is 3.70. The predicted molar refractivity (Wildman–Crippen MR) is 67.1 cm³/mol. The number of nitrogens with zero attached hydrogens (tertiary/aromatic N) is 6. The molecule has 0 radical (unpaired) electrons. The molecule has 0 aromatic carbocycles. The van der Waals surface area contributed by atoms with Crippen molar-refractivity contribution in [3.8, 4) is 0 Å². The highest BCUT2D eigenvalue weighted by Gasteiger charge is 2.43. The van der Waals surface area contributed by atoms with Gasteiger partial charge in [-0.1, -0.05) is 0 Å². The van der Waals surface area contributed by atoms with E-state index in [1.807, 2.05) is 0 Å². The minimum absolute atomic E-state index is 0.375. The number of aliphatic hydroxyl groups excluding tert-OH is 3. The smallest absolute Gasteiger partial charge is 0.192 e. The molecule has 1 aliphatic rings. The normalized spacial score (nSPS) is 29.7. The monoisotopic (exact) mass is 292 g/mol. The highest BCUT2D eigenvalue weighted by Crippen LogP contribution is 2.32. The van der Waals surface area contributed by atoms with Crippen LogP contribution in [-0.4, -0.2) is 69.8 Å². The number of aromatic nitrogens is 6. The first-order chi connectivity index (χ1) is 10.2. The minimum Gasteiger partial charge on any atom is -0.394 e. The van der Waals surface area contributed by atoms with Crippen LogP contribution in [0.5, 0.6) is 0 Å². The molecule has 4 rings (SSSR count). The van der Waals surface area contributed by atoms with Crippen molar-refractivity contribution in [1.29, 1.82) is 0 Å². The van der Waals surface area contributed by atoms with E-state index >= 15 is 0 Å². The Morgan fingerprint density at radius 1 is 1.24 bits per heavy atom. The van der Waals surface area contributed by atoms with E-state index in [4.69, 9.17) is 9.84 Å². The Bertz CT molecular complexity index is 800. The number of ether oxygens (including phenoxy) is 1. The lowest BCUT2D eigenvalue weighted by atomic mass is 10.1. The molecule has 21 heavy (non-hydrogen) atoms. The second-order valence-corrected chi connectivity index (χ2v) is 4.88. The van der Waals surface area contributed by atoms with Crippen LogP contribution in [-0.2, 0) is 4.74 Å². The Labute approximate surface area is 117 Å². The van der Waals surface area contributed by atoms with Crippen LogP contribution < -0.4 is 0 Å². The van der Waals surface area contributed by atoms with E-state index in [2.05, 4.69) is 20.5 Å². The van der Waals surface area contributed by atoms with Gasteiger partial charge in [0.15, 0.2) is 11.9 Å². The number of hydrogen-bond acceptors (Lipinski definition) is 8. The fourth-order valence-electron chi connectivity index (χ4n) is 2.62. The van der Waals surface area contributed by atoms with Gasteiger partial charge in [0.2, 0.25) is 0 Å².